The van der Waals surface area contributed by atoms with Crippen LogP contribution in [0.3, 0.4) is 0 Å². The van der Waals surface area contributed by atoms with E-state index in [1.165, 1.54) is 19.1 Å². The zero-order valence-electron chi connectivity index (χ0n) is 11.3. The summed E-state index contributed by atoms with van der Waals surface area (Å²) in [5.74, 6) is -0.00402. The van der Waals surface area contributed by atoms with Crippen LogP contribution >= 0.6 is 12.4 Å². The van der Waals surface area contributed by atoms with Gasteiger partial charge in [-0.1, -0.05) is 12.1 Å². The van der Waals surface area contributed by atoms with Crippen LogP contribution in [0.1, 0.15) is 12.5 Å². The number of anilines is 1. The van der Waals surface area contributed by atoms with Crippen molar-refractivity contribution in [3.8, 4) is 11.5 Å². The number of rotatable bonds is 4. The summed E-state index contributed by atoms with van der Waals surface area (Å²) in [5, 5.41) is 0. The lowest BCUT2D eigenvalue weighted by atomic mass is 10.2. The van der Waals surface area contributed by atoms with Gasteiger partial charge in [-0.05, 0) is 29.8 Å². The Morgan fingerprint density at radius 2 is 1.90 bits per heavy atom. The van der Waals surface area contributed by atoms with Crippen molar-refractivity contribution in [1.29, 1.82) is 0 Å². The van der Waals surface area contributed by atoms with E-state index in [-0.39, 0.29) is 30.7 Å². The van der Waals surface area contributed by atoms with E-state index in [4.69, 9.17) is 15.2 Å². The number of carbonyl (C=O) groups excluding carboxylic acids is 1. The molecule has 112 valence electrons. The number of ether oxygens (including phenoxy) is 2. The lowest BCUT2D eigenvalue weighted by molar-refractivity contribution is -0.142. The molecule has 0 bridgehead atoms. The summed E-state index contributed by atoms with van der Waals surface area (Å²) in [4.78, 5) is 10.8. The predicted molar refractivity (Wildman–Crippen MR) is 80.0 cm³/mol. The number of nitrogen functional groups attached to an aromatic ring is 1. The van der Waals surface area contributed by atoms with E-state index in [0.717, 1.165) is 5.56 Å². The van der Waals surface area contributed by atoms with Gasteiger partial charge in [-0.25, -0.2) is 4.39 Å². The van der Waals surface area contributed by atoms with Crippen molar-refractivity contribution < 1.29 is 18.7 Å². The highest BCUT2D eigenvalue weighted by atomic mass is 35.5. The van der Waals surface area contributed by atoms with Crippen molar-refractivity contribution >= 4 is 24.1 Å². The molecular formula is C15H15ClFNO3. The van der Waals surface area contributed by atoms with E-state index >= 15 is 0 Å². The Morgan fingerprint density at radius 1 is 1.19 bits per heavy atom. The summed E-state index contributed by atoms with van der Waals surface area (Å²) in [6.45, 7) is 1.51. The van der Waals surface area contributed by atoms with Crippen molar-refractivity contribution in [1.82, 2.24) is 0 Å². The summed E-state index contributed by atoms with van der Waals surface area (Å²) >= 11 is 0. The summed E-state index contributed by atoms with van der Waals surface area (Å²) < 4.78 is 23.7. The molecule has 2 N–H and O–H groups in total. The van der Waals surface area contributed by atoms with Gasteiger partial charge < -0.3 is 15.2 Å². The molecule has 2 aromatic carbocycles. The highest BCUT2D eigenvalue weighted by molar-refractivity contribution is 5.85. The zero-order chi connectivity index (χ0) is 14.5. The molecule has 0 atom stereocenters. The van der Waals surface area contributed by atoms with Crippen molar-refractivity contribution in [2.75, 3.05) is 5.73 Å². The number of hydrogen-bond donors (Lipinski definition) is 1. The average Bonchev–Trinajstić information content (AvgIpc) is 2.41. The molecule has 0 unspecified atom stereocenters. The largest absolute Gasteiger partial charge is 0.461 e. The molecule has 0 saturated heterocycles. The van der Waals surface area contributed by atoms with E-state index in [1.54, 1.807) is 30.3 Å². The lowest BCUT2D eigenvalue weighted by Crippen LogP contribution is -1.98. The van der Waals surface area contributed by atoms with Gasteiger partial charge in [-0.15, -0.1) is 12.4 Å². The average molecular weight is 312 g/mol. The molecule has 0 radical (unpaired) electrons. The van der Waals surface area contributed by atoms with Gasteiger partial charge in [0.2, 0.25) is 0 Å². The Labute approximate surface area is 128 Å². The third-order valence-corrected chi connectivity index (χ3v) is 2.55. The highest BCUT2D eigenvalue weighted by Crippen LogP contribution is 2.25. The van der Waals surface area contributed by atoms with Gasteiger partial charge in [-0.2, -0.15) is 0 Å². The van der Waals surface area contributed by atoms with Crippen LogP contribution in [-0.4, -0.2) is 5.97 Å². The monoisotopic (exact) mass is 311 g/mol. The Bertz CT molecular complexity index is 634. The SMILES string of the molecule is CC(=O)OCc1cccc(Oc2ccc(N)c(F)c2)c1.Cl. The lowest BCUT2D eigenvalue weighted by Gasteiger charge is -2.08. The van der Waals surface area contributed by atoms with Crippen LogP contribution in [0.4, 0.5) is 10.1 Å². The standard InChI is InChI=1S/C15H14FNO3.ClH/c1-10(18)19-9-11-3-2-4-12(7-11)20-13-5-6-15(17)14(16)8-13;/h2-8H,9,17H2,1H3;1H. The molecule has 0 spiro atoms. The fourth-order valence-electron chi connectivity index (χ4n) is 1.59. The Morgan fingerprint density at radius 3 is 2.57 bits per heavy atom. The molecule has 2 aromatic rings. The maximum Gasteiger partial charge on any atom is 0.302 e. The molecule has 0 aliphatic rings. The zero-order valence-corrected chi connectivity index (χ0v) is 12.2. The molecule has 0 aromatic heterocycles. The summed E-state index contributed by atoms with van der Waals surface area (Å²) in [6, 6.07) is 11.3. The minimum atomic E-state index is -0.529. The van der Waals surface area contributed by atoms with Gasteiger partial charge >= 0.3 is 5.97 Å². The Hall–Kier alpha value is -2.27. The number of nitrogens with two attached hydrogens (primary N) is 1. The topological polar surface area (TPSA) is 61.5 Å². The molecule has 0 aliphatic heterocycles. The second kappa shape index (κ2) is 7.50. The Balaban J connectivity index is 0.00000220. The molecular weight excluding hydrogens is 297 g/mol. The summed E-state index contributed by atoms with van der Waals surface area (Å²) in [6.07, 6.45) is 0. The van der Waals surface area contributed by atoms with Crippen molar-refractivity contribution in [2.45, 2.75) is 13.5 Å². The first kappa shape index (κ1) is 16.8. The fraction of sp³-hybridized carbons (Fsp3) is 0.133. The molecule has 0 amide bonds. The molecule has 0 saturated carbocycles. The van der Waals surface area contributed by atoms with E-state index < -0.39 is 5.82 Å². The third-order valence-electron chi connectivity index (χ3n) is 2.55. The molecule has 21 heavy (non-hydrogen) atoms. The second-order valence-electron chi connectivity index (χ2n) is 4.21. The van der Waals surface area contributed by atoms with Crippen LogP contribution in [0, 0.1) is 5.82 Å². The highest BCUT2D eigenvalue weighted by Gasteiger charge is 2.04. The van der Waals surface area contributed by atoms with Crippen molar-refractivity contribution in [2.24, 2.45) is 0 Å². The molecule has 4 nitrogen and oxygen atoms in total. The van der Waals surface area contributed by atoms with Crippen LogP contribution in [0.15, 0.2) is 42.5 Å². The van der Waals surface area contributed by atoms with Gasteiger partial charge in [0.25, 0.3) is 0 Å². The van der Waals surface area contributed by atoms with E-state index in [0.29, 0.717) is 11.5 Å². The van der Waals surface area contributed by atoms with E-state index in [2.05, 4.69) is 0 Å². The fourth-order valence-corrected chi connectivity index (χ4v) is 1.59. The van der Waals surface area contributed by atoms with Crippen LogP contribution in [0.5, 0.6) is 11.5 Å². The molecule has 0 aliphatic carbocycles. The van der Waals surface area contributed by atoms with Gasteiger partial charge in [0, 0.05) is 13.0 Å². The van der Waals surface area contributed by atoms with Gasteiger partial charge in [0.15, 0.2) is 0 Å². The first-order valence-electron chi connectivity index (χ1n) is 6.00. The van der Waals surface area contributed by atoms with Crippen LogP contribution in [0.2, 0.25) is 0 Å². The maximum atomic E-state index is 13.3. The normalized spacial score (nSPS) is 9.62. The minimum absolute atomic E-state index is 0. The van der Waals surface area contributed by atoms with Crippen LogP contribution in [-0.2, 0) is 16.1 Å². The smallest absolute Gasteiger partial charge is 0.302 e. The molecule has 0 fully saturated rings. The van der Waals surface area contributed by atoms with Crippen LogP contribution < -0.4 is 10.5 Å². The molecule has 6 heteroatoms. The molecule has 2 rings (SSSR count). The van der Waals surface area contributed by atoms with E-state index in [9.17, 15) is 9.18 Å². The summed E-state index contributed by atoms with van der Waals surface area (Å²) in [5.41, 5.74) is 6.25. The number of benzene rings is 2. The Kier molecular flexibility index (Phi) is 5.99. The second-order valence-corrected chi connectivity index (χ2v) is 4.21. The number of hydrogen-bond acceptors (Lipinski definition) is 4. The minimum Gasteiger partial charge on any atom is -0.461 e. The van der Waals surface area contributed by atoms with Crippen molar-refractivity contribution in [3.63, 3.8) is 0 Å². The number of carbonyl (C=O) groups is 1. The number of esters is 1. The van der Waals surface area contributed by atoms with Gasteiger partial charge in [0.05, 0.1) is 5.69 Å². The maximum absolute atomic E-state index is 13.3. The predicted octanol–water partition coefficient (Wildman–Crippen LogP) is 3.69. The van der Waals surface area contributed by atoms with E-state index in [1.807, 2.05) is 0 Å². The van der Waals surface area contributed by atoms with Crippen molar-refractivity contribution in [3.05, 3.63) is 53.8 Å². The first-order valence-corrected chi connectivity index (χ1v) is 6.00. The summed E-state index contributed by atoms with van der Waals surface area (Å²) in [7, 11) is 0. The molecule has 0 heterocycles. The quantitative estimate of drug-likeness (QED) is 0.691. The van der Waals surface area contributed by atoms with Gasteiger partial charge in [-0.3, -0.25) is 4.79 Å². The first-order chi connectivity index (χ1) is 9.54. The number of halogens is 2. The van der Waals surface area contributed by atoms with Crippen LogP contribution in [0.25, 0.3) is 0 Å². The van der Waals surface area contributed by atoms with Gasteiger partial charge in [0.1, 0.15) is 23.9 Å². The third kappa shape index (κ3) is 4.96.